The molecule has 0 saturated carbocycles. The van der Waals surface area contributed by atoms with Gasteiger partial charge in [-0.05, 0) is 54.8 Å². The normalized spacial score (nSPS) is 16.3. The summed E-state index contributed by atoms with van der Waals surface area (Å²) in [5, 5.41) is 7.70. The van der Waals surface area contributed by atoms with E-state index in [0.29, 0.717) is 30.8 Å². The Labute approximate surface area is 175 Å². The molecule has 1 aromatic carbocycles. The van der Waals surface area contributed by atoms with Gasteiger partial charge in [0.05, 0.1) is 4.88 Å². The van der Waals surface area contributed by atoms with E-state index < -0.39 is 6.04 Å². The summed E-state index contributed by atoms with van der Waals surface area (Å²) in [5.74, 6) is -0.214. The number of nitrogens with one attached hydrogen (secondary N) is 2. The van der Waals surface area contributed by atoms with Gasteiger partial charge in [0, 0.05) is 25.2 Å². The largest absolute Gasteiger partial charge is 0.350 e. The predicted octanol–water partition coefficient (Wildman–Crippen LogP) is 3.80. The molecule has 3 rings (SSSR count). The van der Waals surface area contributed by atoms with E-state index in [2.05, 4.69) is 10.6 Å². The third-order valence-electron chi connectivity index (χ3n) is 4.95. The van der Waals surface area contributed by atoms with Gasteiger partial charge in [-0.1, -0.05) is 25.1 Å². The molecule has 1 saturated heterocycles. The average Bonchev–Trinajstić information content (AvgIpc) is 3.27. The monoisotopic (exact) mass is 413 g/mol. The topological polar surface area (TPSA) is 78.5 Å². The van der Waals surface area contributed by atoms with Crippen molar-refractivity contribution in [2.45, 2.75) is 51.6 Å². The smallest absolute Gasteiger partial charge is 0.264 e. The standard InChI is InChI=1S/C22H27N3O3S/c1-2-7-20(26)24-17-9-5-8-16(14-17)15-23-21(27)18-10-3-4-12-25(18)22(28)19-11-6-13-29-19/h5-6,8-9,11,13-14,18H,2-4,7,10,12,15H2,1H3,(H,23,27)(H,24,26). The Balaban J connectivity index is 1.60. The number of carbonyl (C=O) groups is 3. The molecule has 0 aliphatic carbocycles. The molecule has 154 valence electrons. The maximum absolute atomic E-state index is 12.8. The van der Waals surface area contributed by atoms with Crippen molar-refractivity contribution in [3.63, 3.8) is 0 Å². The molecule has 7 heteroatoms. The number of thiophene rings is 1. The number of likely N-dealkylation sites (tertiary alicyclic amines) is 1. The number of benzene rings is 1. The van der Waals surface area contributed by atoms with Crippen molar-refractivity contribution in [3.8, 4) is 0 Å². The molecular weight excluding hydrogens is 386 g/mol. The highest BCUT2D eigenvalue weighted by molar-refractivity contribution is 7.12. The Kier molecular flexibility index (Phi) is 7.41. The molecule has 0 spiro atoms. The van der Waals surface area contributed by atoms with E-state index >= 15 is 0 Å². The maximum atomic E-state index is 12.8. The van der Waals surface area contributed by atoms with Crippen LogP contribution in [-0.2, 0) is 16.1 Å². The van der Waals surface area contributed by atoms with E-state index in [9.17, 15) is 14.4 Å². The first-order valence-corrected chi connectivity index (χ1v) is 11.0. The van der Waals surface area contributed by atoms with Crippen LogP contribution in [0, 0.1) is 0 Å². The SMILES string of the molecule is CCCC(=O)Nc1cccc(CNC(=O)C2CCCCN2C(=O)c2cccs2)c1. The van der Waals surface area contributed by atoms with Crippen LogP contribution in [0.25, 0.3) is 0 Å². The number of hydrogen-bond donors (Lipinski definition) is 2. The molecule has 1 aromatic heterocycles. The highest BCUT2D eigenvalue weighted by Gasteiger charge is 2.32. The maximum Gasteiger partial charge on any atom is 0.264 e. The van der Waals surface area contributed by atoms with E-state index in [1.54, 1.807) is 11.0 Å². The summed E-state index contributed by atoms with van der Waals surface area (Å²) in [5.41, 5.74) is 1.63. The predicted molar refractivity (Wildman–Crippen MR) is 115 cm³/mol. The molecule has 1 aliphatic rings. The summed E-state index contributed by atoms with van der Waals surface area (Å²) < 4.78 is 0. The van der Waals surface area contributed by atoms with Crippen molar-refractivity contribution < 1.29 is 14.4 Å². The second-order valence-electron chi connectivity index (χ2n) is 7.20. The van der Waals surface area contributed by atoms with Crippen LogP contribution in [0.15, 0.2) is 41.8 Å². The third kappa shape index (κ3) is 5.67. The lowest BCUT2D eigenvalue weighted by Crippen LogP contribution is -2.51. The van der Waals surface area contributed by atoms with Gasteiger partial charge in [0.1, 0.15) is 6.04 Å². The highest BCUT2D eigenvalue weighted by Crippen LogP contribution is 2.22. The molecule has 1 unspecified atom stereocenters. The van der Waals surface area contributed by atoms with Gasteiger partial charge in [0.15, 0.2) is 0 Å². The van der Waals surface area contributed by atoms with E-state index in [1.165, 1.54) is 11.3 Å². The zero-order valence-electron chi connectivity index (χ0n) is 16.6. The van der Waals surface area contributed by atoms with Gasteiger partial charge in [-0.2, -0.15) is 0 Å². The van der Waals surface area contributed by atoms with Crippen LogP contribution in [0.3, 0.4) is 0 Å². The average molecular weight is 414 g/mol. The van der Waals surface area contributed by atoms with Gasteiger partial charge >= 0.3 is 0 Å². The van der Waals surface area contributed by atoms with Gasteiger partial charge in [-0.3, -0.25) is 14.4 Å². The summed E-state index contributed by atoms with van der Waals surface area (Å²) in [4.78, 5) is 39.7. The Morgan fingerprint density at radius 2 is 2.03 bits per heavy atom. The molecule has 1 aliphatic heterocycles. The molecule has 2 heterocycles. The first-order chi connectivity index (χ1) is 14.1. The number of hydrogen-bond acceptors (Lipinski definition) is 4. The minimum absolute atomic E-state index is 0.0152. The summed E-state index contributed by atoms with van der Waals surface area (Å²) in [6, 6.07) is 10.7. The first kappa shape index (κ1) is 21.0. The van der Waals surface area contributed by atoms with Crippen molar-refractivity contribution in [2.75, 3.05) is 11.9 Å². The zero-order chi connectivity index (χ0) is 20.6. The number of anilines is 1. The van der Waals surface area contributed by atoms with Crippen molar-refractivity contribution in [2.24, 2.45) is 0 Å². The summed E-state index contributed by atoms with van der Waals surface area (Å²) in [6.45, 7) is 2.92. The van der Waals surface area contributed by atoms with Crippen LogP contribution in [0.4, 0.5) is 5.69 Å². The van der Waals surface area contributed by atoms with E-state index in [1.807, 2.05) is 42.6 Å². The third-order valence-corrected chi connectivity index (χ3v) is 5.81. The van der Waals surface area contributed by atoms with Crippen molar-refractivity contribution >= 4 is 34.7 Å². The van der Waals surface area contributed by atoms with Crippen molar-refractivity contribution in [1.82, 2.24) is 10.2 Å². The molecule has 1 fully saturated rings. The van der Waals surface area contributed by atoms with E-state index in [0.717, 1.165) is 30.5 Å². The van der Waals surface area contributed by atoms with E-state index in [4.69, 9.17) is 0 Å². The minimum atomic E-state index is -0.439. The molecule has 0 radical (unpaired) electrons. The molecule has 2 N–H and O–H groups in total. The van der Waals surface area contributed by atoms with Gasteiger partial charge in [0.2, 0.25) is 11.8 Å². The Morgan fingerprint density at radius 1 is 1.17 bits per heavy atom. The Hall–Kier alpha value is -2.67. The Bertz CT molecular complexity index is 851. The van der Waals surface area contributed by atoms with Crippen molar-refractivity contribution in [3.05, 3.63) is 52.2 Å². The highest BCUT2D eigenvalue weighted by atomic mass is 32.1. The van der Waals surface area contributed by atoms with Gasteiger partial charge < -0.3 is 15.5 Å². The number of amides is 3. The minimum Gasteiger partial charge on any atom is -0.350 e. The van der Waals surface area contributed by atoms with Gasteiger partial charge in [-0.25, -0.2) is 0 Å². The molecule has 6 nitrogen and oxygen atoms in total. The molecule has 29 heavy (non-hydrogen) atoms. The first-order valence-electron chi connectivity index (χ1n) is 10.1. The van der Waals surface area contributed by atoms with Crippen LogP contribution < -0.4 is 10.6 Å². The van der Waals surface area contributed by atoms with Gasteiger partial charge in [-0.15, -0.1) is 11.3 Å². The van der Waals surface area contributed by atoms with Crippen molar-refractivity contribution in [1.29, 1.82) is 0 Å². The summed E-state index contributed by atoms with van der Waals surface area (Å²) in [6.07, 6.45) is 3.81. The lowest BCUT2D eigenvalue weighted by Gasteiger charge is -2.34. The lowest BCUT2D eigenvalue weighted by molar-refractivity contribution is -0.126. The van der Waals surface area contributed by atoms with Gasteiger partial charge in [0.25, 0.3) is 5.91 Å². The number of carbonyl (C=O) groups excluding carboxylic acids is 3. The second kappa shape index (κ2) is 10.2. The quantitative estimate of drug-likeness (QED) is 0.725. The molecule has 0 bridgehead atoms. The Morgan fingerprint density at radius 3 is 2.79 bits per heavy atom. The fourth-order valence-corrected chi connectivity index (χ4v) is 4.18. The van der Waals surface area contributed by atoms with Crippen LogP contribution in [0.5, 0.6) is 0 Å². The fraction of sp³-hybridized carbons (Fsp3) is 0.409. The zero-order valence-corrected chi connectivity index (χ0v) is 17.5. The van der Waals surface area contributed by atoms with Crippen LogP contribution >= 0.6 is 11.3 Å². The molecule has 3 amide bonds. The van der Waals surface area contributed by atoms with Crippen LogP contribution in [0.1, 0.15) is 54.3 Å². The lowest BCUT2D eigenvalue weighted by atomic mass is 10.0. The summed E-state index contributed by atoms with van der Waals surface area (Å²) in [7, 11) is 0. The fourth-order valence-electron chi connectivity index (χ4n) is 3.51. The summed E-state index contributed by atoms with van der Waals surface area (Å²) >= 11 is 1.40. The van der Waals surface area contributed by atoms with Crippen LogP contribution in [0.2, 0.25) is 0 Å². The molecule has 1 atom stereocenters. The molecule has 2 aromatic rings. The number of piperidine rings is 1. The number of nitrogens with zero attached hydrogens (tertiary/aromatic N) is 1. The number of rotatable bonds is 7. The van der Waals surface area contributed by atoms with E-state index in [-0.39, 0.29) is 17.7 Å². The second-order valence-corrected chi connectivity index (χ2v) is 8.15. The molecular formula is C22H27N3O3S. The van der Waals surface area contributed by atoms with Crippen LogP contribution in [-0.4, -0.2) is 35.2 Å².